The van der Waals surface area contributed by atoms with Gasteiger partial charge in [0.25, 0.3) is 0 Å². The maximum Gasteiger partial charge on any atom is 0.0455 e. The molecule has 1 aromatic carbocycles. The molecule has 98 valence electrons. The van der Waals surface area contributed by atoms with Crippen molar-refractivity contribution in [1.82, 2.24) is 10.2 Å². The van der Waals surface area contributed by atoms with E-state index in [0.717, 1.165) is 42.1 Å². The molecule has 1 heterocycles. The van der Waals surface area contributed by atoms with Crippen LogP contribution >= 0.6 is 23.2 Å². The zero-order valence-corrected chi connectivity index (χ0v) is 11.8. The smallest absolute Gasteiger partial charge is 0.0455 e. The molecular weight excluding hydrogens is 267 g/mol. The summed E-state index contributed by atoms with van der Waals surface area (Å²) in [5, 5.41) is 5.05. The van der Waals surface area contributed by atoms with Crippen LogP contribution in [0.1, 0.15) is 24.4 Å². The number of halogens is 2. The summed E-state index contributed by atoms with van der Waals surface area (Å²) in [6, 6.07) is 6.30. The number of benzene rings is 1. The van der Waals surface area contributed by atoms with Crippen molar-refractivity contribution in [2.75, 3.05) is 26.2 Å². The van der Waals surface area contributed by atoms with Gasteiger partial charge >= 0.3 is 0 Å². The molecule has 0 amide bonds. The fraction of sp³-hybridized carbons (Fsp3) is 0.571. The summed E-state index contributed by atoms with van der Waals surface area (Å²) >= 11 is 12.5. The Labute approximate surface area is 118 Å². The molecule has 2 nitrogen and oxygen atoms in total. The van der Waals surface area contributed by atoms with E-state index >= 15 is 0 Å². The quantitative estimate of drug-likeness (QED) is 0.916. The lowest BCUT2D eigenvalue weighted by Gasteiger charge is -2.36. The van der Waals surface area contributed by atoms with E-state index in [4.69, 9.17) is 23.2 Å². The summed E-state index contributed by atoms with van der Waals surface area (Å²) in [5.41, 5.74) is 1.22. The highest BCUT2D eigenvalue weighted by Gasteiger charge is 2.37. The second kappa shape index (κ2) is 5.38. The van der Waals surface area contributed by atoms with Crippen LogP contribution < -0.4 is 5.32 Å². The minimum absolute atomic E-state index is 0.457. The van der Waals surface area contributed by atoms with Gasteiger partial charge in [0.1, 0.15) is 0 Å². The first-order valence-corrected chi connectivity index (χ1v) is 7.41. The van der Waals surface area contributed by atoms with E-state index in [1.54, 1.807) is 0 Å². The van der Waals surface area contributed by atoms with Crippen LogP contribution in [0.2, 0.25) is 10.0 Å². The third kappa shape index (κ3) is 2.67. The first kappa shape index (κ1) is 12.7. The van der Waals surface area contributed by atoms with E-state index in [9.17, 15) is 0 Å². The highest BCUT2D eigenvalue weighted by atomic mass is 35.5. The van der Waals surface area contributed by atoms with E-state index in [1.165, 1.54) is 18.4 Å². The molecule has 1 atom stereocenters. The highest BCUT2D eigenvalue weighted by Crippen LogP contribution is 2.46. The number of nitrogens with zero attached hydrogens (tertiary/aromatic N) is 1. The number of hydrogen-bond donors (Lipinski definition) is 1. The van der Waals surface area contributed by atoms with Crippen molar-refractivity contribution in [2.24, 2.45) is 5.92 Å². The number of rotatable bonds is 3. The van der Waals surface area contributed by atoms with Crippen molar-refractivity contribution < 1.29 is 0 Å². The molecule has 4 heteroatoms. The lowest BCUT2D eigenvalue weighted by molar-refractivity contribution is 0.156. The van der Waals surface area contributed by atoms with Gasteiger partial charge in [-0.3, -0.25) is 4.90 Å². The van der Waals surface area contributed by atoms with Crippen LogP contribution in [0, 0.1) is 5.92 Å². The van der Waals surface area contributed by atoms with Crippen LogP contribution in [0.3, 0.4) is 0 Å². The average molecular weight is 285 g/mol. The molecule has 1 aromatic rings. The van der Waals surface area contributed by atoms with Crippen LogP contribution in [-0.4, -0.2) is 31.1 Å². The summed E-state index contributed by atoms with van der Waals surface area (Å²) in [4.78, 5) is 2.56. The van der Waals surface area contributed by atoms with E-state index in [-0.39, 0.29) is 0 Å². The van der Waals surface area contributed by atoms with E-state index in [1.807, 2.05) is 12.1 Å². The Morgan fingerprint density at radius 3 is 2.56 bits per heavy atom. The fourth-order valence-electron chi connectivity index (χ4n) is 2.86. The second-order valence-electron chi connectivity index (χ2n) is 5.23. The standard InChI is InChI=1S/C14H18Cl2N2/c15-11-3-4-13(16)12(9-11)14(10-1-2-10)18-7-5-17-6-8-18/h3-4,9-10,14,17H,1-2,5-8H2/t14-/m0/s1. The van der Waals surface area contributed by atoms with Crippen molar-refractivity contribution in [3.8, 4) is 0 Å². The second-order valence-corrected chi connectivity index (χ2v) is 6.08. The van der Waals surface area contributed by atoms with Gasteiger partial charge < -0.3 is 5.32 Å². The van der Waals surface area contributed by atoms with Crippen LogP contribution in [0.5, 0.6) is 0 Å². The largest absolute Gasteiger partial charge is 0.314 e. The van der Waals surface area contributed by atoms with Crippen molar-refractivity contribution in [2.45, 2.75) is 18.9 Å². The van der Waals surface area contributed by atoms with Crippen LogP contribution in [0.25, 0.3) is 0 Å². The Morgan fingerprint density at radius 2 is 1.89 bits per heavy atom. The van der Waals surface area contributed by atoms with Gasteiger partial charge in [0, 0.05) is 42.3 Å². The number of hydrogen-bond acceptors (Lipinski definition) is 2. The molecule has 1 aliphatic carbocycles. The molecule has 2 aliphatic rings. The first-order chi connectivity index (χ1) is 8.75. The van der Waals surface area contributed by atoms with Gasteiger partial charge in [-0.05, 0) is 42.5 Å². The minimum Gasteiger partial charge on any atom is -0.314 e. The van der Waals surface area contributed by atoms with Crippen molar-refractivity contribution in [3.63, 3.8) is 0 Å². The minimum atomic E-state index is 0.457. The maximum atomic E-state index is 6.38. The van der Waals surface area contributed by atoms with Crippen LogP contribution in [0.4, 0.5) is 0 Å². The molecule has 3 rings (SSSR count). The van der Waals surface area contributed by atoms with Gasteiger partial charge in [-0.2, -0.15) is 0 Å². The molecule has 2 fully saturated rings. The number of piperazine rings is 1. The molecule has 1 saturated heterocycles. The molecule has 18 heavy (non-hydrogen) atoms. The van der Waals surface area contributed by atoms with Gasteiger partial charge in [0.15, 0.2) is 0 Å². The summed E-state index contributed by atoms with van der Waals surface area (Å²) in [7, 11) is 0. The molecule has 0 spiro atoms. The Hall–Kier alpha value is -0.280. The molecule has 1 N–H and O–H groups in total. The van der Waals surface area contributed by atoms with Gasteiger partial charge in [0.05, 0.1) is 0 Å². The number of nitrogens with one attached hydrogen (secondary N) is 1. The summed E-state index contributed by atoms with van der Waals surface area (Å²) in [6.45, 7) is 4.34. The van der Waals surface area contributed by atoms with E-state index < -0.39 is 0 Å². The van der Waals surface area contributed by atoms with Crippen molar-refractivity contribution in [1.29, 1.82) is 0 Å². The Balaban J connectivity index is 1.90. The lowest BCUT2D eigenvalue weighted by atomic mass is 9.99. The highest BCUT2D eigenvalue weighted by molar-refractivity contribution is 6.33. The fourth-order valence-corrected chi connectivity index (χ4v) is 3.27. The normalized spacial score (nSPS) is 23.0. The van der Waals surface area contributed by atoms with Crippen LogP contribution in [0.15, 0.2) is 18.2 Å². The topological polar surface area (TPSA) is 15.3 Å². The zero-order valence-electron chi connectivity index (χ0n) is 10.3. The molecule has 0 radical (unpaired) electrons. The van der Waals surface area contributed by atoms with Crippen molar-refractivity contribution >= 4 is 23.2 Å². The van der Waals surface area contributed by atoms with E-state index in [0.29, 0.717) is 6.04 Å². The summed E-state index contributed by atoms with van der Waals surface area (Å²) < 4.78 is 0. The first-order valence-electron chi connectivity index (χ1n) is 6.65. The Kier molecular flexibility index (Phi) is 3.81. The average Bonchev–Trinajstić information content (AvgIpc) is 3.20. The van der Waals surface area contributed by atoms with Crippen LogP contribution in [-0.2, 0) is 0 Å². The van der Waals surface area contributed by atoms with Gasteiger partial charge in [-0.25, -0.2) is 0 Å². The predicted molar refractivity (Wildman–Crippen MR) is 76.4 cm³/mol. The molecular formula is C14H18Cl2N2. The Bertz CT molecular complexity index is 426. The summed E-state index contributed by atoms with van der Waals surface area (Å²) in [6.07, 6.45) is 2.63. The molecule has 1 saturated carbocycles. The molecule has 0 aromatic heterocycles. The Morgan fingerprint density at radius 1 is 1.17 bits per heavy atom. The van der Waals surface area contributed by atoms with E-state index in [2.05, 4.69) is 16.3 Å². The van der Waals surface area contributed by atoms with Gasteiger partial charge in [-0.15, -0.1) is 0 Å². The van der Waals surface area contributed by atoms with Gasteiger partial charge in [0.2, 0.25) is 0 Å². The molecule has 0 bridgehead atoms. The monoisotopic (exact) mass is 284 g/mol. The maximum absolute atomic E-state index is 6.38. The van der Waals surface area contributed by atoms with Crippen molar-refractivity contribution in [3.05, 3.63) is 33.8 Å². The SMILES string of the molecule is Clc1ccc(Cl)c([C@H](C2CC2)N2CCNCC2)c1. The third-order valence-corrected chi connectivity index (χ3v) is 4.47. The predicted octanol–water partition coefficient (Wildman–Crippen LogP) is 3.35. The third-order valence-electron chi connectivity index (χ3n) is 3.89. The lowest BCUT2D eigenvalue weighted by Crippen LogP contribution is -2.45. The molecule has 0 unspecified atom stereocenters. The summed E-state index contributed by atoms with van der Waals surface area (Å²) in [5.74, 6) is 0.763. The zero-order chi connectivity index (χ0) is 12.5. The molecule has 1 aliphatic heterocycles. The van der Waals surface area contributed by atoms with Gasteiger partial charge in [-0.1, -0.05) is 23.2 Å².